The van der Waals surface area contributed by atoms with Crippen molar-refractivity contribution in [3.05, 3.63) is 67.3 Å². The van der Waals surface area contributed by atoms with Crippen molar-refractivity contribution in [3.8, 4) is 5.75 Å². The van der Waals surface area contributed by atoms with Gasteiger partial charge in [-0.05, 0) is 80.8 Å². The standard InChI is InChI=1S/C38H48N6O5S2/c1-5-28(4)37(46)49-26-23-44(7-3)31-19-15-29(16-20-31)41-43-38-39-36-33(50-38)27-34(51-36)42-40-30-17-21-32(22-18-30)47-24-13-11-9-8-10-12-14-25-48-35(45)6-2/h6,15-22,27-28H,2,5,7-14,23-26H2,1,3-4H3. The molecule has 11 nitrogen and oxygen atoms in total. The maximum Gasteiger partial charge on any atom is 0.330 e. The normalized spacial score (nSPS) is 12.1. The number of ether oxygens (including phenoxy) is 3. The Bertz CT molecular complexity index is 1690. The van der Waals surface area contributed by atoms with Gasteiger partial charge < -0.3 is 19.1 Å². The Hall–Kier alpha value is -4.49. The SMILES string of the molecule is C=CC(=O)OCCCCCCCCCOc1ccc(N=Nc2cc3sc(N=Nc4ccc(N(CC)CCOC(=O)C(C)CC)cc4)nc3s2)cc1. The maximum atomic E-state index is 12.0. The molecule has 13 heteroatoms. The highest BCUT2D eigenvalue weighted by Crippen LogP contribution is 2.39. The Morgan fingerprint density at radius 1 is 0.824 bits per heavy atom. The highest BCUT2D eigenvalue weighted by Gasteiger charge is 2.13. The number of benzene rings is 2. The van der Waals surface area contributed by atoms with Crippen molar-refractivity contribution >= 4 is 71.3 Å². The van der Waals surface area contributed by atoms with E-state index in [9.17, 15) is 9.59 Å². The summed E-state index contributed by atoms with van der Waals surface area (Å²) in [7, 11) is 0. The predicted molar refractivity (Wildman–Crippen MR) is 206 cm³/mol. The molecule has 272 valence electrons. The molecule has 0 radical (unpaired) electrons. The molecule has 2 heterocycles. The maximum absolute atomic E-state index is 12.0. The average molecular weight is 733 g/mol. The van der Waals surface area contributed by atoms with Crippen LogP contribution in [0.4, 0.5) is 27.2 Å². The minimum absolute atomic E-state index is 0.0775. The number of rotatable bonds is 23. The van der Waals surface area contributed by atoms with Gasteiger partial charge in [-0.1, -0.05) is 75.2 Å². The zero-order valence-corrected chi connectivity index (χ0v) is 31.4. The zero-order chi connectivity index (χ0) is 36.3. The number of unbranched alkanes of at least 4 members (excludes halogenated alkanes) is 6. The van der Waals surface area contributed by atoms with Crippen LogP contribution in [-0.2, 0) is 19.1 Å². The molecular weight excluding hydrogens is 685 g/mol. The van der Waals surface area contributed by atoms with Crippen molar-refractivity contribution in [1.82, 2.24) is 4.98 Å². The molecule has 0 amide bonds. The Kier molecular flexibility index (Phi) is 16.7. The molecule has 0 saturated heterocycles. The first kappa shape index (κ1) is 39.3. The number of hydrogen-bond donors (Lipinski definition) is 0. The highest BCUT2D eigenvalue weighted by atomic mass is 32.1. The number of azo groups is 2. The summed E-state index contributed by atoms with van der Waals surface area (Å²) < 4.78 is 17.3. The molecule has 2 aromatic heterocycles. The summed E-state index contributed by atoms with van der Waals surface area (Å²) >= 11 is 2.92. The van der Waals surface area contributed by atoms with Crippen LogP contribution in [0.3, 0.4) is 0 Å². The van der Waals surface area contributed by atoms with E-state index in [2.05, 4.69) is 43.8 Å². The first-order valence-electron chi connectivity index (χ1n) is 17.7. The van der Waals surface area contributed by atoms with E-state index in [4.69, 9.17) is 14.2 Å². The third kappa shape index (κ3) is 13.6. The number of thiazole rings is 1. The lowest BCUT2D eigenvalue weighted by Gasteiger charge is -2.23. The van der Waals surface area contributed by atoms with Crippen molar-refractivity contribution in [3.63, 3.8) is 0 Å². The highest BCUT2D eigenvalue weighted by molar-refractivity contribution is 7.30. The fraction of sp³-hybridized carbons (Fsp3) is 0.447. The largest absolute Gasteiger partial charge is 0.494 e. The number of aromatic nitrogens is 1. The number of hydrogen-bond acceptors (Lipinski definition) is 13. The van der Waals surface area contributed by atoms with Crippen LogP contribution >= 0.6 is 22.7 Å². The Labute approximate surface area is 308 Å². The number of thiophene rings is 1. The van der Waals surface area contributed by atoms with E-state index < -0.39 is 0 Å². The van der Waals surface area contributed by atoms with Crippen molar-refractivity contribution < 1.29 is 23.8 Å². The van der Waals surface area contributed by atoms with E-state index >= 15 is 0 Å². The number of likely N-dealkylation sites (N-methyl/N-ethyl adjacent to an activating group) is 1. The molecule has 4 rings (SSSR count). The van der Waals surface area contributed by atoms with Crippen molar-refractivity contribution in [2.24, 2.45) is 26.4 Å². The molecular formula is C38H48N6O5S2. The molecule has 4 aromatic rings. The Balaban J connectivity index is 1.15. The molecule has 1 unspecified atom stereocenters. The van der Waals surface area contributed by atoms with E-state index in [-0.39, 0.29) is 17.9 Å². The van der Waals surface area contributed by atoms with E-state index in [0.29, 0.717) is 31.5 Å². The number of carbonyl (C=O) groups excluding carboxylic acids is 2. The smallest absolute Gasteiger partial charge is 0.330 e. The van der Waals surface area contributed by atoms with Crippen LogP contribution < -0.4 is 9.64 Å². The molecule has 0 fully saturated rings. The molecule has 0 saturated carbocycles. The zero-order valence-electron chi connectivity index (χ0n) is 29.8. The summed E-state index contributed by atoms with van der Waals surface area (Å²) in [4.78, 5) is 30.6. The number of carbonyl (C=O) groups is 2. The topological polar surface area (TPSA) is 127 Å². The van der Waals surface area contributed by atoms with Gasteiger partial charge in [-0.25, -0.2) is 9.78 Å². The van der Waals surface area contributed by atoms with Crippen molar-refractivity contribution in [2.45, 2.75) is 72.1 Å². The minimum atomic E-state index is -0.350. The van der Waals surface area contributed by atoms with Gasteiger partial charge in [0.15, 0.2) is 0 Å². The summed E-state index contributed by atoms with van der Waals surface area (Å²) in [6.45, 7) is 12.3. The van der Waals surface area contributed by atoms with Gasteiger partial charge in [-0.3, -0.25) is 4.79 Å². The second kappa shape index (κ2) is 21.7. The Morgan fingerprint density at radius 3 is 2.12 bits per heavy atom. The van der Waals surface area contributed by atoms with Crippen LogP contribution in [-0.4, -0.2) is 49.8 Å². The van der Waals surface area contributed by atoms with Gasteiger partial charge in [0.2, 0.25) is 5.13 Å². The monoisotopic (exact) mass is 732 g/mol. The number of nitrogens with zero attached hydrogens (tertiary/aromatic N) is 6. The summed E-state index contributed by atoms with van der Waals surface area (Å²) in [5, 5.41) is 18.9. The van der Waals surface area contributed by atoms with Crippen LogP contribution in [0.1, 0.15) is 72.1 Å². The molecule has 2 aromatic carbocycles. The second-order valence-electron chi connectivity index (χ2n) is 11.9. The first-order valence-corrected chi connectivity index (χ1v) is 19.3. The number of anilines is 1. The van der Waals surface area contributed by atoms with Crippen molar-refractivity contribution in [1.29, 1.82) is 0 Å². The fourth-order valence-electron chi connectivity index (χ4n) is 4.90. The fourth-order valence-corrected chi connectivity index (χ4v) is 6.74. The van der Waals surface area contributed by atoms with E-state index in [0.717, 1.165) is 82.4 Å². The second-order valence-corrected chi connectivity index (χ2v) is 13.9. The van der Waals surface area contributed by atoms with Crippen LogP contribution in [0.15, 0.2) is 87.7 Å². The molecule has 0 aliphatic carbocycles. The third-order valence-electron chi connectivity index (χ3n) is 8.10. The minimum Gasteiger partial charge on any atom is -0.494 e. The van der Waals surface area contributed by atoms with Gasteiger partial charge in [-0.15, -0.1) is 20.5 Å². The third-order valence-corrected chi connectivity index (χ3v) is 10.0. The molecule has 0 aliphatic rings. The lowest BCUT2D eigenvalue weighted by molar-refractivity contribution is -0.147. The van der Waals surface area contributed by atoms with Gasteiger partial charge in [0.05, 0.1) is 41.8 Å². The Morgan fingerprint density at radius 2 is 1.47 bits per heavy atom. The van der Waals surface area contributed by atoms with Gasteiger partial charge in [0.25, 0.3) is 0 Å². The van der Waals surface area contributed by atoms with Crippen LogP contribution in [0.5, 0.6) is 5.75 Å². The summed E-state index contributed by atoms with van der Waals surface area (Å²) in [5.74, 6) is 0.245. The van der Waals surface area contributed by atoms with Gasteiger partial charge in [0.1, 0.15) is 22.2 Å². The van der Waals surface area contributed by atoms with E-state index in [1.165, 1.54) is 41.6 Å². The number of esters is 2. The lowest BCUT2D eigenvalue weighted by Crippen LogP contribution is -2.28. The van der Waals surface area contributed by atoms with Crippen LogP contribution in [0.25, 0.3) is 9.53 Å². The van der Waals surface area contributed by atoms with Gasteiger partial charge >= 0.3 is 11.9 Å². The lowest BCUT2D eigenvalue weighted by atomic mass is 10.1. The molecule has 0 bridgehead atoms. The molecule has 0 N–H and O–H groups in total. The molecule has 1 atom stereocenters. The summed E-state index contributed by atoms with van der Waals surface area (Å²) in [6.07, 6.45) is 9.58. The van der Waals surface area contributed by atoms with Crippen LogP contribution in [0, 0.1) is 5.92 Å². The molecule has 0 spiro atoms. The quantitative estimate of drug-likeness (QED) is 0.0321. The van der Waals surface area contributed by atoms with E-state index in [1.54, 1.807) is 0 Å². The van der Waals surface area contributed by atoms with Crippen molar-refractivity contribution in [2.75, 3.05) is 37.8 Å². The first-order chi connectivity index (χ1) is 24.9. The molecule has 0 aliphatic heterocycles. The van der Waals surface area contributed by atoms with Crippen LogP contribution in [0.2, 0.25) is 0 Å². The summed E-state index contributed by atoms with van der Waals surface area (Å²) in [6, 6.07) is 17.4. The number of fused-ring (bicyclic) bond motifs is 1. The summed E-state index contributed by atoms with van der Waals surface area (Å²) in [5.41, 5.74) is 2.51. The molecule has 51 heavy (non-hydrogen) atoms. The predicted octanol–water partition coefficient (Wildman–Crippen LogP) is 11.4. The van der Waals surface area contributed by atoms with Gasteiger partial charge in [-0.2, -0.15) is 0 Å². The average Bonchev–Trinajstić information content (AvgIpc) is 3.72. The van der Waals surface area contributed by atoms with E-state index in [1.807, 2.05) is 68.4 Å². The van der Waals surface area contributed by atoms with Gasteiger partial charge in [0, 0.05) is 18.3 Å².